The Labute approximate surface area is 93.8 Å². The quantitative estimate of drug-likeness (QED) is 0.577. The number of nitrogens with one attached hydrogen (secondary N) is 1. The van der Waals surface area contributed by atoms with E-state index in [-0.39, 0.29) is 5.91 Å². The van der Waals surface area contributed by atoms with Crippen LogP contribution in [0, 0.1) is 5.41 Å². The normalized spacial score (nSPS) is 11.7. The number of primary amides is 1. The van der Waals surface area contributed by atoms with E-state index in [4.69, 9.17) is 5.73 Å². The van der Waals surface area contributed by atoms with Crippen LogP contribution in [0.5, 0.6) is 0 Å². The summed E-state index contributed by atoms with van der Waals surface area (Å²) in [4.78, 5) is 11.0. The molecule has 0 atom stereocenters. The van der Waals surface area contributed by atoms with E-state index < -0.39 is 5.41 Å². The lowest BCUT2D eigenvalue weighted by Gasteiger charge is -2.20. The Balaban J connectivity index is 3.35. The lowest BCUT2D eigenvalue weighted by atomic mass is 9.93. The summed E-state index contributed by atoms with van der Waals surface area (Å²) in [6, 6.07) is 0. The fourth-order valence-electron chi connectivity index (χ4n) is 1.34. The first-order chi connectivity index (χ1) is 7.00. The SMILES string of the molecule is CCCCCCCNCC(C)(C)C(N)=O. The molecule has 0 unspecified atom stereocenters. The Morgan fingerprint density at radius 1 is 1.20 bits per heavy atom. The largest absolute Gasteiger partial charge is 0.369 e. The van der Waals surface area contributed by atoms with E-state index in [0.29, 0.717) is 6.54 Å². The van der Waals surface area contributed by atoms with Crippen LogP contribution in [0.15, 0.2) is 0 Å². The number of unbranched alkanes of at least 4 members (excludes halogenated alkanes) is 4. The molecule has 0 aliphatic heterocycles. The Morgan fingerprint density at radius 2 is 1.80 bits per heavy atom. The monoisotopic (exact) mass is 214 g/mol. The molecule has 0 aliphatic carbocycles. The van der Waals surface area contributed by atoms with Crippen molar-refractivity contribution in [2.45, 2.75) is 52.9 Å². The molecule has 0 aromatic rings. The molecule has 0 saturated heterocycles. The maximum atomic E-state index is 11.0. The van der Waals surface area contributed by atoms with Gasteiger partial charge in [-0.25, -0.2) is 0 Å². The van der Waals surface area contributed by atoms with Gasteiger partial charge in [0.1, 0.15) is 0 Å². The van der Waals surface area contributed by atoms with Crippen molar-refractivity contribution < 1.29 is 4.79 Å². The minimum absolute atomic E-state index is 0.235. The highest BCUT2D eigenvalue weighted by Gasteiger charge is 2.23. The third kappa shape index (κ3) is 7.37. The molecule has 0 aromatic heterocycles. The van der Waals surface area contributed by atoms with Crippen molar-refractivity contribution in [1.82, 2.24) is 5.32 Å². The molecule has 0 saturated carbocycles. The van der Waals surface area contributed by atoms with Gasteiger partial charge in [0, 0.05) is 6.54 Å². The Morgan fingerprint density at radius 3 is 2.33 bits per heavy atom. The summed E-state index contributed by atoms with van der Waals surface area (Å²) in [5.41, 5.74) is 4.84. The van der Waals surface area contributed by atoms with Crippen LogP contribution in [0.25, 0.3) is 0 Å². The molecule has 0 aromatic carbocycles. The number of carbonyl (C=O) groups excluding carboxylic acids is 1. The van der Waals surface area contributed by atoms with Gasteiger partial charge in [-0.3, -0.25) is 4.79 Å². The molecule has 0 aliphatic rings. The second-order valence-corrected chi connectivity index (χ2v) is 4.84. The first kappa shape index (κ1) is 14.4. The number of nitrogens with two attached hydrogens (primary N) is 1. The van der Waals surface area contributed by atoms with E-state index in [9.17, 15) is 4.79 Å². The molecule has 3 heteroatoms. The van der Waals surface area contributed by atoms with Crippen molar-refractivity contribution in [3.63, 3.8) is 0 Å². The molecule has 3 nitrogen and oxygen atoms in total. The van der Waals surface area contributed by atoms with Gasteiger partial charge in [0.25, 0.3) is 0 Å². The van der Waals surface area contributed by atoms with E-state index in [0.717, 1.165) is 6.54 Å². The third-order valence-electron chi connectivity index (χ3n) is 2.69. The van der Waals surface area contributed by atoms with Gasteiger partial charge in [-0.1, -0.05) is 32.6 Å². The van der Waals surface area contributed by atoms with Gasteiger partial charge in [-0.2, -0.15) is 0 Å². The Kier molecular flexibility index (Phi) is 7.39. The predicted octanol–water partition coefficient (Wildman–Crippen LogP) is 2.06. The zero-order valence-electron chi connectivity index (χ0n) is 10.4. The van der Waals surface area contributed by atoms with Crippen molar-refractivity contribution in [1.29, 1.82) is 0 Å². The minimum Gasteiger partial charge on any atom is -0.369 e. The standard InChI is InChI=1S/C12H26N2O/c1-4-5-6-7-8-9-14-10-12(2,3)11(13)15/h14H,4-10H2,1-3H3,(H2,13,15). The van der Waals surface area contributed by atoms with Gasteiger partial charge < -0.3 is 11.1 Å². The molecule has 90 valence electrons. The van der Waals surface area contributed by atoms with Crippen molar-refractivity contribution >= 4 is 5.91 Å². The zero-order valence-corrected chi connectivity index (χ0v) is 10.4. The fourth-order valence-corrected chi connectivity index (χ4v) is 1.34. The highest BCUT2D eigenvalue weighted by molar-refractivity contribution is 5.80. The smallest absolute Gasteiger partial charge is 0.224 e. The summed E-state index contributed by atoms with van der Waals surface area (Å²) in [5, 5.41) is 3.28. The molecular weight excluding hydrogens is 188 g/mol. The highest BCUT2D eigenvalue weighted by atomic mass is 16.1. The van der Waals surface area contributed by atoms with E-state index >= 15 is 0 Å². The molecule has 0 spiro atoms. The lowest BCUT2D eigenvalue weighted by molar-refractivity contribution is -0.125. The maximum absolute atomic E-state index is 11.0. The van der Waals surface area contributed by atoms with Gasteiger partial charge in [0.05, 0.1) is 5.41 Å². The number of hydrogen-bond acceptors (Lipinski definition) is 2. The molecule has 0 radical (unpaired) electrons. The van der Waals surface area contributed by atoms with Crippen molar-refractivity contribution in [3.05, 3.63) is 0 Å². The molecule has 0 bridgehead atoms. The summed E-state index contributed by atoms with van der Waals surface area (Å²) in [7, 11) is 0. The average molecular weight is 214 g/mol. The van der Waals surface area contributed by atoms with E-state index in [1.165, 1.54) is 32.1 Å². The summed E-state index contributed by atoms with van der Waals surface area (Å²) in [6.45, 7) is 7.63. The minimum atomic E-state index is -0.427. The second kappa shape index (κ2) is 7.69. The van der Waals surface area contributed by atoms with Gasteiger partial charge in [-0.15, -0.1) is 0 Å². The van der Waals surface area contributed by atoms with Crippen LogP contribution in [0.2, 0.25) is 0 Å². The lowest BCUT2D eigenvalue weighted by Crippen LogP contribution is -2.40. The maximum Gasteiger partial charge on any atom is 0.224 e. The molecule has 1 amide bonds. The summed E-state index contributed by atoms with van der Waals surface area (Å²) >= 11 is 0. The van der Waals surface area contributed by atoms with Gasteiger partial charge >= 0.3 is 0 Å². The first-order valence-corrected chi connectivity index (χ1v) is 6.01. The molecule has 0 rings (SSSR count). The van der Waals surface area contributed by atoms with Crippen molar-refractivity contribution in [3.8, 4) is 0 Å². The number of amides is 1. The van der Waals surface area contributed by atoms with Crippen LogP contribution in [-0.4, -0.2) is 19.0 Å². The highest BCUT2D eigenvalue weighted by Crippen LogP contribution is 2.11. The summed E-state index contributed by atoms with van der Waals surface area (Å²) in [6.07, 6.45) is 6.39. The second-order valence-electron chi connectivity index (χ2n) is 4.84. The van der Waals surface area contributed by atoms with Gasteiger partial charge in [0.2, 0.25) is 5.91 Å². The predicted molar refractivity (Wildman–Crippen MR) is 64.6 cm³/mol. The van der Waals surface area contributed by atoms with Crippen LogP contribution >= 0.6 is 0 Å². The average Bonchev–Trinajstić information content (AvgIpc) is 2.16. The van der Waals surface area contributed by atoms with Crippen molar-refractivity contribution in [2.24, 2.45) is 11.1 Å². The van der Waals surface area contributed by atoms with Crippen LogP contribution in [0.3, 0.4) is 0 Å². The van der Waals surface area contributed by atoms with E-state index in [2.05, 4.69) is 12.2 Å². The van der Waals surface area contributed by atoms with Crippen LogP contribution < -0.4 is 11.1 Å². The molecule has 0 fully saturated rings. The number of hydrogen-bond donors (Lipinski definition) is 2. The van der Waals surface area contributed by atoms with Gasteiger partial charge in [0.15, 0.2) is 0 Å². The van der Waals surface area contributed by atoms with Crippen molar-refractivity contribution in [2.75, 3.05) is 13.1 Å². The third-order valence-corrected chi connectivity index (χ3v) is 2.69. The van der Waals surface area contributed by atoms with E-state index in [1.807, 2.05) is 13.8 Å². The van der Waals surface area contributed by atoms with E-state index in [1.54, 1.807) is 0 Å². The van der Waals surface area contributed by atoms with Crippen LogP contribution in [-0.2, 0) is 4.79 Å². The van der Waals surface area contributed by atoms with Crippen LogP contribution in [0.4, 0.5) is 0 Å². The fraction of sp³-hybridized carbons (Fsp3) is 0.917. The molecular formula is C12H26N2O. The topological polar surface area (TPSA) is 55.1 Å². The van der Waals surface area contributed by atoms with Crippen LogP contribution in [0.1, 0.15) is 52.9 Å². The van der Waals surface area contributed by atoms with Gasteiger partial charge in [-0.05, 0) is 26.8 Å². The summed E-state index contributed by atoms with van der Waals surface area (Å²) < 4.78 is 0. The molecule has 15 heavy (non-hydrogen) atoms. The number of carbonyl (C=O) groups is 1. The number of rotatable bonds is 9. The molecule has 0 heterocycles. The Hall–Kier alpha value is -0.570. The summed E-state index contributed by atoms with van der Waals surface area (Å²) in [5.74, 6) is -0.235. The zero-order chi connectivity index (χ0) is 11.7. The molecule has 3 N–H and O–H groups in total. The Bertz CT molecular complexity index is 178. The first-order valence-electron chi connectivity index (χ1n) is 6.01.